The Morgan fingerprint density at radius 2 is 2.19 bits per heavy atom. The molecule has 0 unspecified atom stereocenters. The predicted octanol–water partition coefficient (Wildman–Crippen LogP) is -2.01. The van der Waals surface area contributed by atoms with Crippen LogP contribution in [-0.2, 0) is 9.59 Å². The van der Waals surface area contributed by atoms with Crippen LogP contribution >= 0.6 is 0 Å². The quantitative estimate of drug-likeness (QED) is 0.570. The first-order chi connectivity index (χ1) is 7.50. The Labute approximate surface area is 95.6 Å². The number of amides is 1. The third-order valence-corrected chi connectivity index (χ3v) is 2.82. The van der Waals surface area contributed by atoms with Crippen molar-refractivity contribution in [3.8, 4) is 0 Å². The zero-order valence-corrected chi connectivity index (χ0v) is 9.86. The molecule has 1 rings (SSSR count). The SMILES string of the molecule is CC(C)C[C@H](NC(=O)[C@@H]1CCC[NH2+]1)C(=O)[O-]. The molecule has 0 spiro atoms. The summed E-state index contributed by atoms with van der Waals surface area (Å²) < 4.78 is 0. The highest BCUT2D eigenvalue weighted by atomic mass is 16.4. The van der Waals surface area contributed by atoms with Gasteiger partial charge in [0.15, 0.2) is 6.04 Å². The second kappa shape index (κ2) is 5.84. The van der Waals surface area contributed by atoms with Crippen LogP contribution in [0.5, 0.6) is 0 Å². The number of carbonyl (C=O) groups excluding carboxylic acids is 2. The smallest absolute Gasteiger partial charge is 0.278 e. The van der Waals surface area contributed by atoms with E-state index in [9.17, 15) is 14.7 Å². The molecule has 16 heavy (non-hydrogen) atoms. The minimum atomic E-state index is -1.19. The molecule has 0 aliphatic carbocycles. The Morgan fingerprint density at radius 1 is 1.50 bits per heavy atom. The lowest BCUT2D eigenvalue weighted by atomic mass is 10.0. The molecule has 2 atom stereocenters. The summed E-state index contributed by atoms with van der Waals surface area (Å²) in [6.45, 7) is 4.78. The fourth-order valence-corrected chi connectivity index (χ4v) is 1.98. The third-order valence-electron chi connectivity index (χ3n) is 2.82. The summed E-state index contributed by atoms with van der Waals surface area (Å²) in [5, 5.41) is 15.4. The van der Waals surface area contributed by atoms with E-state index in [0.717, 1.165) is 19.4 Å². The van der Waals surface area contributed by atoms with Crippen molar-refractivity contribution >= 4 is 11.9 Å². The van der Waals surface area contributed by atoms with E-state index in [2.05, 4.69) is 5.32 Å². The van der Waals surface area contributed by atoms with E-state index in [1.165, 1.54) is 0 Å². The summed E-state index contributed by atoms with van der Waals surface area (Å²) in [7, 11) is 0. The highest BCUT2D eigenvalue weighted by Gasteiger charge is 2.28. The van der Waals surface area contributed by atoms with Crippen LogP contribution in [0.25, 0.3) is 0 Å². The number of carboxylic acids is 1. The van der Waals surface area contributed by atoms with Crippen molar-refractivity contribution in [2.45, 2.75) is 45.2 Å². The molecule has 1 heterocycles. The van der Waals surface area contributed by atoms with E-state index >= 15 is 0 Å². The van der Waals surface area contributed by atoms with Crippen molar-refractivity contribution in [1.82, 2.24) is 5.32 Å². The Morgan fingerprint density at radius 3 is 2.62 bits per heavy atom. The molecule has 0 aromatic carbocycles. The summed E-state index contributed by atoms with van der Waals surface area (Å²) in [4.78, 5) is 22.6. The summed E-state index contributed by atoms with van der Waals surface area (Å²) in [5.41, 5.74) is 0. The molecule has 0 aromatic rings. The van der Waals surface area contributed by atoms with Gasteiger partial charge in [-0.25, -0.2) is 0 Å². The van der Waals surface area contributed by atoms with Crippen molar-refractivity contribution in [3.05, 3.63) is 0 Å². The van der Waals surface area contributed by atoms with Crippen LogP contribution in [-0.4, -0.2) is 30.5 Å². The number of rotatable bonds is 5. The molecule has 5 heteroatoms. The third kappa shape index (κ3) is 3.81. The first kappa shape index (κ1) is 13.0. The summed E-state index contributed by atoms with van der Waals surface area (Å²) in [6, 6.07) is -0.976. The van der Waals surface area contributed by atoms with Crippen LogP contribution in [0.2, 0.25) is 0 Å². The van der Waals surface area contributed by atoms with Crippen LogP contribution in [0.15, 0.2) is 0 Å². The van der Waals surface area contributed by atoms with Crippen molar-refractivity contribution in [1.29, 1.82) is 0 Å². The highest BCUT2D eigenvalue weighted by molar-refractivity contribution is 5.85. The molecule has 0 radical (unpaired) electrons. The number of hydrogen-bond donors (Lipinski definition) is 2. The molecular weight excluding hydrogens is 208 g/mol. The largest absolute Gasteiger partial charge is 0.548 e. The Balaban J connectivity index is 2.47. The molecule has 0 bridgehead atoms. The van der Waals surface area contributed by atoms with E-state index in [1.807, 2.05) is 19.2 Å². The maximum Gasteiger partial charge on any atom is 0.278 e. The van der Waals surface area contributed by atoms with Crippen molar-refractivity contribution in [2.75, 3.05) is 6.54 Å². The molecule has 5 nitrogen and oxygen atoms in total. The van der Waals surface area contributed by atoms with Gasteiger partial charge in [-0.3, -0.25) is 4.79 Å². The first-order valence-electron chi connectivity index (χ1n) is 5.85. The van der Waals surface area contributed by atoms with Crippen molar-refractivity contribution in [3.63, 3.8) is 0 Å². The van der Waals surface area contributed by atoms with Gasteiger partial charge in [0.25, 0.3) is 5.91 Å². The average molecular weight is 228 g/mol. The van der Waals surface area contributed by atoms with Crippen molar-refractivity contribution in [2.24, 2.45) is 5.92 Å². The Hall–Kier alpha value is -1.10. The van der Waals surface area contributed by atoms with Gasteiger partial charge in [0.2, 0.25) is 0 Å². The lowest BCUT2D eigenvalue weighted by Gasteiger charge is -2.22. The number of quaternary nitrogens is 1. The molecule has 0 aromatic heterocycles. The average Bonchev–Trinajstić information content (AvgIpc) is 2.68. The van der Waals surface area contributed by atoms with Gasteiger partial charge < -0.3 is 20.5 Å². The van der Waals surface area contributed by atoms with Gasteiger partial charge in [-0.2, -0.15) is 0 Å². The van der Waals surface area contributed by atoms with Gasteiger partial charge in [0.1, 0.15) is 0 Å². The number of carbonyl (C=O) groups is 2. The normalized spacial score (nSPS) is 22.1. The van der Waals surface area contributed by atoms with Gasteiger partial charge in [0, 0.05) is 12.8 Å². The van der Waals surface area contributed by atoms with Crippen LogP contribution in [0.1, 0.15) is 33.1 Å². The Kier molecular flexibility index (Phi) is 4.73. The number of nitrogens with two attached hydrogens (primary N) is 1. The van der Waals surface area contributed by atoms with E-state index in [4.69, 9.17) is 0 Å². The minimum absolute atomic E-state index is 0.117. The van der Waals surface area contributed by atoms with Gasteiger partial charge in [0.05, 0.1) is 18.6 Å². The maximum absolute atomic E-state index is 11.7. The zero-order valence-electron chi connectivity index (χ0n) is 9.86. The topological polar surface area (TPSA) is 85.8 Å². The van der Waals surface area contributed by atoms with Crippen molar-refractivity contribution < 1.29 is 20.0 Å². The molecule has 1 aliphatic heterocycles. The molecule has 1 amide bonds. The lowest BCUT2D eigenvalue weighted by molar-refractivity contribution is -0.657. The van der Waals surface area contributed by atoms with E-state index in [-0.39, 0.29) is 17.9 Å². The summed E-state index contributed by atoms with van der Waals surface area (Å²) in [6.07, 6.45) is 2.26. The highest BCUT2D eigenvalue weighted by Crippen LogP contribution is 2.05. The summed E-state index contributed by atoms with van der Waals surface area (Å²) >= 11 is 0. The van der Waals surface area contributed by atoms with Gasteiger partial charge in [-0.15, -0.1) is 0 Å². The molecule has 3 N–H and O–H groups in total. The number of carboxylic acid groups (broad SMARTS) is 1. The molecular formula is C11H20N2O3. The molecule has 92 valence electrons. The molecule has 0 saturated carbocycles. The second-order valence-electron chi connectivity index (χ2n) is 4.78. The van der Waals surface area contributed by atoms with E-state index in [0.29, 0.717) is 6.42 Å². The summed E-state index contributed by atoms with van der Waals surface area (Å²) in [5.74, 6) is -1.15. The fraction of sp³-hybridized carbons (Fsp3) is 0.818. The van der Waals surface area contributed by atoms with Gasteiger partial charge >= 0.3 is 0 Å². The zero-order chi connectivity index (χ0) is 12.1. The lowest BCUT2D eigenvalue weighted by Crippen LogP contribution is -2.89. The first-order valence-corrected chi connectivity index (χ1v) is 5.85. The van der Waals surface area contributed by atoms with Crippen LogP contribution < -0.4 is 15.7 Å². The Bertz CT molecular complexity index is 260. The van der Waals surface area contributed by atoms with Gasteiger partial charge in [-0.1, -0.05) is 13.8 Å². The van der Waals surface area contributed by atoms with Crippen LogP contribution in [0.3, 0.4) is 0 Å². The monoisotopic (exact) mass is 228 g/mol. The maximum atomic E-state index is 11.7. The number of hydrogen-bond acceptors (Lipinski definition) is 3. The van der Waals surface area contributed by atoms with E-state index in [1.54, 1.807) is 0 Å². The predicted molar refractivity (Wildman–Crippen MR) is 56.2 cm³/mol. The standard InChI is InChI=1S/C11H20N2O3/c1-7(2)6-9(11(15)16)13-10(14)8-4-3-5-12-8/h7-9,12H,3-6H2,1-2H3,(H,13,14)(H,15,16)/t8-,9-/m0/s1. The van der Waals surface area contributed by atoms with Gasteiger partial charge in [-0.05, 0) is 12.3 Å². The molecule has 1 saturated heterocycles. The molecule has 1 fully saturated rings. The van der Waals surface area contributed by atoms with E-state index < -0.39 is 12.0 Å². The second-order valence-corrected chi connectivity index (χ2v) is 4.78. The number of nitrogens with one attached hydrogen (secondary N) is 1. The fourth-order valence-electron chi connectivity index (χ4n) is 1.98. The minimum Gasteiger partial charge on any atom is -0.548 e. The number of aliphatic carboxylic acids is 1. The van der Waals surface area contributed by atoms with Crippen LogP contribution in [0.4, 0.5) is 0 Å². The molecule has 1 aliphatic rings. The van der Waals surface area contributed by atoms with Crippen LogP contribution in [0, 0.1) is 5.92 Å².